The van der Waals surface area contributed by atoms with Crippen LogP contribution in [0.4, 0.5) is 0 Å². The Bertz CT molecular complexity index is 1240. The van der Waals surface area contributed by atoms with Crippen LogP contribution in [0.15, 0.2) is 72.9 Å². The standard InChI is InChI=1S/C46H79O12P/c1-3-5-7-9-11-12-13-14-15-16-17-18-19-20-21-23-29-35-45(51)55-39-44(40-57-59(53,54)56-38-43(50)37-47)58-46(52)36-30-34-42(49)33-28-25-24-27-32-41(48)31-26-22-10-8-6-4-2/h11-12,14-15,22,24-28,32-33,41-44,47-50H,3-10,13,16-21,23,29-31,34-40H2,1-2H3,(H,53,54)/b12-11-,15-14-,25-24+,26-22-,32-27+,33-28-/t41-,42-,43-,44+/m0/s1. The highest BCUT2D eigenvalue weighted by Crippen LogP contribution is 2.43. The van der Waals surface area contributed by atoms with Crippen molar-refractivity contribution < 1.29 is 58.0 Å². The van der Waals surface area contributed by atoms with Crippen LogP contribution in [0.2, 0.25) is 0 Å². The molecule has 0 heterocycles. The molecular weight excluding hydrogens is 775 g/mol. The molecular formula is C46H79O12P. The summed E-state index contributed by atoms with van der Waals surface area (Å²) in [6.07, 6.45) is 39.2. The maximum absolute atomic E-state index is 12.6. The van der Waals surface area contributed by atoms with E-state index < -0.39 is 70.6 Å². The number of rotatable bonds is 40. The van der Waals surface area contributed by atoms with Gasteiger partial charge in [0.15, 0.2) is 6.10 Å². The normalized spacial score (nSPS) is 15.6. The minimum atomic E-state index is -4.69. The van der Waals surface area contributed by atoms with Crippen LogP contribution in [0.25, 0.3) is 0 Å². The summed E-state index contributed by atoms with van der Waals surface area (Å²) in [7, 11) is -4.69. The van der Waals surface area contributed by atoms with E-state index in [0.717, 1.165) is 51.4 Å². The Hall–Kier alpha value is -2.67. The highest BCUT2D eigenvalue weighted by molar-refractivity contribution is 7.47. The minimum Gasteiger partial charge on any atom is -0.462 e. The van der Waals surface area contributed by atoms with Crippen LogP contribution in [0, 0.1) is 0 Å². The number of carbonyl (C=O) groups excluding carboxylic acids is 2. The van der Waals surface area contributed by atoms with Gasteiger partial charge >= 0.3 is 19.8 Å². The predicted octanol–water partition coefficient (Wildman–Crippen LogP) is 9.61. The summed E-state index contributed by atoms with van der Waals surface area (Å²) >= 11 is 0. The number of phosphoric acid groups is 1. The molecule has 0 aromatic heterocycles. The zero-order chi connectivity index (χ0) is 43.7. The van der Waals surface area contributed by atoms with Gasteiger partial charge in [0, 0.05) is 12.8 Å². The lowest BCUT2D eigenvalue weighted by molar-refractivity contribution is -0.161. The molecule has 0 amide bonds. The monoisotopic (exact) mass is 855 g/mol. The fourth-order valence-electron chi connectivity index (χ4n) is 5.51. The van der Waals surface area contributed by atoms with Gasteiger partial charge in [-0.05, 0) is 70.6 Å². The van der Waals surface area contributed by atoms with Gasteiger partial charge < -0.3 is 34.8 Å². The second kappa shape index (κ2) is 40.7. The second-order valence-corrected chi connectivity index (χ2v) is 16.2. The fourth-order valence-corrected chi connectivity index (χ4v) is 6.30. The molecule has 0 radical (unpaired) electrons. The third kappa shape index (κ3) is 40.5. The van der Waals surface area contributed by atoms with E-state index in [1.165, 1.54) is 51.4 Å². The number of phosphoric ester groups is 1. The molecule has 0 saturated heterocycles. The van der Waals surface area contributed by atoms with Gasteiger partial charge in [-0.3, -0.25) is 18.6 Å². The molecule has 0 fully saturated rings. The third-order valence-electron chi connectivity index (χ3n) is 9.02. The van der Waals surface area contributed by atoms with E-state index >= 15 is 0 Å². The van der Waals surface area contributed by atoms with Crippen LogP contribution in [0.1, 0.15) is 155 Å². The average molecular weight is 855 g/mol. The first kappa shape index (κ1) is 56.3. The van der Waals surface area contributed by atoms with Crippen LogP contribution in [-0.2, 0) is 32.7 Å². The Morgan fingerprint density at radius 2 is 1.12 bits per heavy atom. The molecule has 0 aromatic rings. The SMILES string of the molecule is CCCCC/C=C\C/C=C\CCCCCCCCCC(=O)OC[C@H](COP(=O)(O)OC[C@@H](O)CO)OC(=O)CCC[C@@H](O)\C=C/C=C/C=C/[C@@H](O)C/C=C\CCCCC. The molecule has 13 heteroatoms. The molecule has 5 atom stereocenters. The van der Waals surface area contributed by atoms with Crippen LogP contribution < -0.4 is 0 Å². The number of hydrogen-bond donors (Lipinski definition) is 5. The summed E-state index contributed by atoms with van der Waals surface area (Å²) in [6.45, 7) is 1.99. The second-order valence-electron chi connectivity index (χ2n) is 14.8. The molecule has 1 unspecified atom stereocenters. The summed E-state index contributed by atoms with van der Waals surface area (Å²) in [6, 6.07) is 0. The van der Waals surface area contributed by atoms with E-state index in [1.807, 2.05) is 6.08 Å². The number of hydrogen-bond acceptors (Lipinski definition) is 11. The summed E-state index contributed by atoms with van der Waals surface area (Å²) < 4.78 is 32.5. The number of carbonyl (C=O) groups is 2. The summed E-state index contributed by atoms with van der Waals surface area (Å²) in [4.78, 5) is 35.0. The maximum Gasteiger partial charge on any atom is 0.472 e. The Labute approximate surface area is 355 Å². The lowest BCUT2D eigenvalue weighted by Crippen LogP contribution is -2.30. The van der Waals surface area contributed by atoms with E-state index in [-0.39, 0.29) is 25.7 Å². The van der Waals surface area contributed by atoms with Crippen molar-refractivity contribution in [1.82, 2.24) is 0 Å². The Balaban J connectivity index is 4.57. The zero-order valence-corrected chi connectivity index (χ0v) is 37.1. The first-order valence-corrected chi connectivity index (χ1v) is 23.6. The average Bonchev–Trinajstić information content (AvgIpc) is 3.21. The molecule has 0 aliphatic rings. The van der Waals surface area contributed by atoms with E-state index in [0.29, 0.717) is 12.8 Å². The van der Waals surface area contributed by atoms with E-state index in [4.69, 9.17) is 19.1 Å². The van der Waals surface area contributed by atoms with Crippen molar-refractivity contribution in [3.05, 3.63) is 72.9 Å². The van der Waals surface area contributed by atoms with Gasteiger partial charge in [-0.1, -0.05) is 145 Å². The molecule has 12 nitrogen and oxygen atoms in total. The molecule has 0 rings (SSSR count). The van der Waals surface area contributed by atoms with Crippen molar-refractivity contribution >= 4 is 19.8 Å². The Morgan fingerprint density at radius 3 is 1.73 bits per heavy atom. The fraction of sp³-hybridized carbons (Fsp3) is 0.696. The maximum atomic E-state index is 12.6. The van der Waals surface area contributed by atoms with Gasteiger partial charge in [-0.25, -0.2) is 4.57 Å². The Kier molecular flexibility index (Phi) is 38.9. The van der Waals surface area contributed by atoms with Gasteiger partial charge in [0.05, 0.1) is 32.0 Å². The molecule has 0 spiro atoms. The van der Waals surface area contributed by atoms with E-state index in [2.05, 4.69) is 48.8 Å². The molecule has 0 aliphatic carbocycles. The van der Waals surface area contributed by atoms with E-state index in [1.54, 1.807) is 36.5 Å². The summed E-state index contributed by atoms with van der Waals surface area (Å²) in [5, 5.41) is 38.6. The van der Waals surface area contributed by atoms with Gasteiger partial charge in [0.2, 0.25) is 0 Å². The number of unbranched alkanes of at least 4 members (excludes halogenated alkanes) is 13. The van der Waals surface area contributed by atoms with Crippen LogP contribution in [0.3, 0.4) is 0 Å². The molecule has 59 heavy (non-hydrogen) atoms. The van der Waals surface area contributed by atoms with Crippen molar-refractivity contribution in [2.45, 2.75) is 180 Å². The minimum absolute atomic E-state index is 0.0810. The lowest BCUT2D eigenvalue weighted by Gasteiger charge is -2.20. The van der Waals surface area contributed by atoms with Gasteiger partial charge in [-0.15, -0.1) is 0 Å². The third-order valence-corrected chi connectivity index (χ3v) is 9.97. The first-order chi connectivity index (χ1) is 28.5. The first-order valence-electron chi connectivity index (χ1n) is 22.1. The van der Waals surface area contributed by atoms with Crippen molar-refractivity contribution in [1.29, 1.82) is 0 Å². The van der Waals surface area contributed by atoms with Gasteiger partial charge in [-0.2, -0.15) is 0 Å². The number of ether oxygens (including phenoxy) is 2. The highest BCUT2D eigenvalue weighted by Gasteiger charge is 2.27. The largest absolute Gasteiger partial charge is 0.472 e. The predicted molar refractivity (Wildman–Crippen MR) is 235 cm³/mol. The molecule has 0 aliphatic heterocycles. The molecule has 0 saturated carbocycles. The van der Waals surface area contributed by atoms with Crippen LogP contribution in [0.5, 0.6) is 0 Å². The van der Waals surface area contributed by atoms with E-state index in [9.17, 15) is 34.4 Å². The van der Waals surface area contributed by atoms with Crippen LogP contribution >= 0.6 is 7.82 Å². The molecule has 340 valence electrons. The van der Waals surface area contributed by atoms with Crippen molar-refractivity contribution in [2.24, 2.45) is 0 Å². The molecule has 5 N–H and O–H groups in total. The summed E-state index contributed by atoms with van der Waals surface area (Å²) in [5.41, 5.74) is 0. The van der Waals surface area contributed by atoms with Crippen molar-refractivity contribution in [2.75, 3.05) is 26.4 Å². The Morgan fingerprint density at radius 1 is 0.593 bits per heavy atom. The molecule has 0 bridgehead atoms. The highest BCUT2D eigenvalue weighted by atomic mass is 31.2. The van der Waals surface area contributed by atoms with Crippen LogP contribution in [-0.4, -0.2) is 88.1 Å². The summed E-state index contributed by atoms with van der Waals surface area (Å²) in [5.74, 6) is -1.18. The number of esters is 2. The number of allylic oxidation sites excluding steroid dienone is 9. The topological polar surface area (TPSA) is 189 Å². The quantitative estimate of drug-likeness (QED) is 0.0129. The lowest BCUT2D eigenvalue weighted by atomic mass is 10.1. The van der Waals surface area contributed by atoms with Gasteiger partial charge in [0.25, 0.3) is 0 Å². The number of aliphatic hydroxyl groups is 4. The smallest absolute Gasteiger partial charge is 0.462 e. The van der Waals surface area contributed by atoms with Crippen molar-refractivity contribution in [3.63, 3.8) is 0 Å². The zero-order valence-electron chi connectivity index (χ0n) is 36.2. The number of aliphatic hydroxyl groups excluding tert-OH is 4. The molecule has 0 aromatic carbocycles. The van der Waals surface area contributed by atoms with Crippen molar-refractivity contribution in [3.8, 4) is 0 Å². The van der Waals surface area contributed by atoms with Gasteiger partial charge in [0.1, 0.15) is 12.7 Å².